The number of hydrogen-bond acceptors (Lipinski definition) is 6. The monoisotopic (exact) mass is 355 g/mol. The highest BCUT2D eigenvalue weighted by molar-refractivity contribution is 6.35. The first-order valence-corrected chi connectivity index (χ1v) is 7.58. The first kappa shape index (κ1) is 18.6. The number of carbonyl (C=O) groups is 2. The van der Waals surface area contributed by atoms with Crippen molar-refractivity contribution in [2.24, 2.45) is 5.10 Å². The molecule has 0 saturated heterocycles. The van der Waals surface area contributed by atoms with Gasteiger partial charge in [-0.1, -0.05) is 42.5 Å². The topological polar surface area (TPSA) is 137 Å². The molecule has 2 rings (SSSR count). The van der Waals surface area contributed by atoms with Gasteiger partial charge in [-0.05, 0) is 17.7 Å². The van der Waals surface area contributed by atoms with Crippen molar-refractivity contribution in [2.75, 3.05) is 6.54 Å². The van der Waals surface area contributed by atoms with Crippen LogP contribution in [0.5, 0.6) is 5.75 Å². The van der Waals surface area contributed by atoms with Crippen molar-refractivity contribution in [1.29, 1.82) is 0 Å². The van der Waals surface area contributed by atoms with Crippen LogP contribution in [0.25, 0.3) is 0 Å². The zero-order chi connectivity index (χ0) is 18.9. The van der Waals surface area contributed by atoms with Gasteiger partial charge in [0.1, 0.15) is 0 Å². The molecule has 0 aliphatic carbocycles. The Balaban J connectivity index is 1.82. The van der Waals surface area contributed by atoms with Crippen molar-refractivity contribution < 1.29 is 19.6 Å². The third-order valence-electron chi connectivity index (χ3n) is 3.31. The number of nitrogens with one attached hydrogen (secondary N) is 2. The second kappa shape index (κ2) is 8.92. The van der Waals surface area contributed by atoms with Gasteiger partial charge in [-0.15, -0.1) is 0 Å². The Morgan fingerprint density at radius 2 is 1.85 bits per heavy atom. The molecule has 0 bridgehead atoms. The van der Waals surface area contributed by atoms with Gasteiger partial charge < -0.3 is 10.4 Å². The smallest absolute Gasteiger partial charge is 0.329 e. The summed E-state index contributed by atoms with van der Waals surface area (Å²) >= 11 is 0. The van der Waals surface area contributed by atoms with Crippen molar-refractivity contribution in [2.45, 2.75) is 6.42 Å². The number of hydrazone groups is 1. The summed E-state index contributed by atoms with van der Waals surface area (Å²) in [5.41, 5.74) is 2.68. The summed E-state index contributed by atoms with van der Waals surface area (Å²) in [5, 5.41) is 28.0. The molecule has 0 atom stereocenters. The lowest BCUT2D eigenvalue weighted by molar-refractivity contribution is -0.398. The van der Waals surface area contributed by atoms with Gasteiger partial charge in [0.2, 0.25) is 0 Å². The van der Waals surface area contributed by atoms with Gasteiger partial charge in [0.25, 0.3) is 5.69 Å². The number of nitro benzene ring substituents is 1. The quantitative estimate of drug-likeness (QED) is 0.336. The van der Waals surface area contributed by atoms with Gasteiger partial charge in [-0.2, -0.15) is 5.10 Å². The Hall–Kier alpha value is -3.75. The maximum absolute atomic E-state index is 11.6. The minimum Gasteiger partial charge on any atom is -0.868 e. The molecule has 0 aromatic heterocycles. The van der Waals surface area contributed by atoms with E-state index in [1.165, 1.54) is 6.07 Å². The van der Waals surface area contributed by atoms with Crippen molar-refractivity contribution in [3.8, 4) is 5.75 Å². The Labute approximate surface area is 148 Å². The molecule has 2 N–H and O–H groups in total. The van der Waals surface area contributed by atoms with Crippen LogP contribution >= 0.6 is 0 Å². The molecule has 0 fully saturated rings. The molecule has 0 radical (unpaired) electrons. The zero-order valence-electron chi connectivity index (χ0n) is 13.5. The second-order valence-electron chi connectivity index (χ2n) is 5.17. The van der Waals surface area contributed by atoms with Gasteiger partial charge in [-0.25, -0.2) is 5.43 Å². The van der Waals surface area contributed by atoms with E-state index in [-0.39, 0.29) is 12.1 Å². The van der Waals surface area contributed by atoms with Crippen LogP contribution in [-0.4, -0.2) is 29.5 Å². The summed E-state index contributed by atoms with van der Waals surface area (Å²) in [6.45, 7) is 0.289. The van der Waals surface area contributed by atoms with Crippen LogP contribution in [0.2, 0.25) is 0 Å². The molecule has 0 heterocycles. The molecule has 0 aliphatic rings. The fourth-order valence-electron chi connectivity index (χ4n) is 2.02. The lowest BCUT2D eigenvalue weighted by atomic mass is 10.1. The molecular weight excluding hydrogens is 340 g/mol. The van der Waals surface area contributed by atoms with Crippen molar-refractivity contribution in [3.63, 3.8) is 0 Å². The molecule has 2 aromatic carbocycles. The normalized spacial score (nSPS) is 10.5. The maximum Gasteiger partial charge on any atom is 0.329 e. The van der Waals surface area contributed by atoms with Gasteiger partial charge in [0, 0.05) is 18.2 Å². The molecule has 0 aliphatic heterocycles. The molecule has 9 heteroatoms. The van der Waals surface area contributed by atoms with E-state index in [1.807, 2.05) is 35.8 Å². The van der Waals surface area contributed by atoms with Crippen LogP contribution in [0, 0.1) is 10.1 Å². The van der Waals surface area contributed by atoms with E-state index in [0.29, 0.717) is 6.42 Å². The predicted molar refractivity (Wildman–Crippen MR) is 91.4 cm³/mol. The first-order chi connectivity index (χ1) is 12.5. The highest BCUT2D eigenvalue weighted by atomic mass is 16.6. The Morgan fingerprint density at radius 3 is 2.54 bits per heavy atom. The second-order valence-corrected chi connectivity index (χ2v) is 5.17. The van der Waals surface area contributed by atoms with Crippen molar-refractivity contribution >= 4 is 23.7 Å². The fraction of sp³-hybridized carbons (Fsp3) is 0.118. The standard InChI is InChI=1S/C17H16N4O5/c22-15-7-6-13(10-14(15)21(25)26)11-19-20-17(24)16(23)18-9-8-12-4-2-1-3-5-12/h1-7,10-11,22H,8-9H2,(H,18,23)(H,20,24)/p-1/b19-11-. The zero-order valence-corrected chi connectivity index (χ0v) is 13.5. The van der Waals surface area contributed by atoms with Crippen LogP contribution in [0.1, 0.15) is 11.1 Å². The SMILES string of the molecule is O=C(NCCc1ccccc1)C(=O)N/N=C\c1ccc([O-])c([N+](=O)[O-])c1. The van der Waals surface area contributed by atoms with Gasteiger partial charge in [0.05, 0.1) is 11.1 Å². The highest BCUT2D eigenvalue weighted by Gasteiger charge is 2.12. The number of hydrogen-bond donors (Lipinski definition) is 2. The minimum atomic E-state index is -0.968. The lowest BCUT2D eigenvalue weighted by Gasteiger charge is -2.06. The van der Waals surface area contributed by atoms with E-state index in [9.17, 15) is 24.8 Å². The van der Waals surface area contributed by atoms with E-state index in [4.69, 9.17) is 0 Å². The molecule has 2 amide bonds. The molecule has 0 spiro atoms. The maximum atomic E-state index is 11.6. The van der Waals surface area contributed by atoms with Gasteiger partial charge >= 0.3 is 11.8 Å². The summed E-state index contributed by atoms with van der Waals surface area (Å²) in [7, 11) is 0. The van der Waals surface area contributed by atoms with Crippen LogP contribution in [0.4, 0.5) is 5.69 Å². The Morgan fingerprint density at radius 1 is 1.12 bits per heavy atom. The van der Waals surface area contributed by atoms with E-state index in [2.05, 4.69) is 10.4 Å². The number of amides is 2. The number of nitro groups is 1. The molecular formula is C17H15N4O5-. The number of carbonyl (C=O) groups excluding carboxylic acids is 2. The molecule has 134 valence electrons. The highest BCUT2D eigenvalue weighted by Crippen LogP contribution is 2.22. The average Bonchev–Trinajstić information content (AvgIpc) is 2.63. The van der Waals surface area contributed by atoms with Crippen LogP contribution < -0.4 is 15.8 Å². The summed E-state index contributed by atoms with van der Waals surface area (Å²) in [6.07, 6.45) is 1.68. The summed E-state index contributed by atoms with van der Waals surface area (Å²) < 4.78 is 0. The average molecular weight is 355 g/mol. The largest absolute Gasteiger partial charge is 0.868 e. The number of nitrogens with zero attached hydrogens (tertiary/aromatic N) is 2. The summed E-state index contributed by atoms with van der Waals surface area (Å²) in [5.74, 6) is -2.54. The molecule has 0 saturated carbocycles. The Bertz CT molecular complexity index is 836. The number of benzene rings is 2. The van der Waals surface area contributed by atoms with Crippen molar-refractivity contribution in [3.05, 3.63) is 69.8 Å². The van der Waals surface area contributed by atoms with Crippen molar-refractivity contribution in [1.82, 2.24) is 10.7 Å². The molecule has 26 heavy (non-hydrogen) atoms. The van der Waals surface area contributed by atoms with Crippen LogP contribution in [0.3, 0.4) is 0 Å². The third kappa shape index (κ3) is 5.41. The third-order valence-corrected chi connectivity index (χ3v) is 3.31. The number of rotatable bonds is 6. The van der Waals surface area contributed by atoms with E-state index < -0.39 is 28.2 Å². The molecule has 2 aromatic rings. The Kier molecular flexibility index (Phi) is 6.38. The van der Waals surface area contributed by atoms with Gasteiger partial charge in [-0.3, -0.25) is 19.7 Å². The molecule has 0 unspecified atom stereocenters. The predicted octanol–water partition coefficient (Wildman–Crippen LogP) is 0.477. The lowest BCUT2D eigenvalue weighted by Crippen LogP contribution is -2.38. The van der Waals surface area contributed by atoms with E-state index >= 15 is 0 Å². The first-order valence-electron chi connectivity index (χ1n) is 7.58. The molecule has 9 nitrogen and oxygen atoms in total. The summed E-state index contributed by atoms with van der Waals surface area (Å²) in [6, 6.07) is 12.8. The van der Waals surface area contributed by atoms with Gasteiger partial charge in [0.15, 0.2) is 0 Å². The van der Waals surface area contributed by atoms with E-state index in [0.717, 1.165) is 23.9 Å². The fourth-order valence-corrected chi connectivity index (χ4v) is 2.02. The summed E-state index contributed by atoms with van der Waals surface area (Å²) in [4.78, 5) is 33.1. The van der Waals surface area contributed by atoms with Crippen LogP contribution in [-0.2, 0) is 16.0 Å². The van der Waals surface area contributed by atoms with E-state index in [1.54, 1.807) is 0 Å². The minimum absolute atomic E-state index is 0.237. The van der Waals surface area contributed by atoms with Crippen LogP contribution in [0.15, 0.2) is 53.6 Å².